The average molecular weight is 611 g/mol. The van der Waals surface area contributed by atoms with E-state index in [1.54, 1.807) is 0 Å². The van der Waals surface area contributed by atoms with Gasteiger partial charge in [-0.3, -0.25) is 0 Å². The van der Waals surface area contributed by atoms with Crippen LogP contribution >= 0.6 is 20.6 Å². The molecule has 6 bridgehead atoms. The van der Waals surface area contributed by atoms with Crippen molar-refractivity contribution in [1.82, 2.24) is 0 Å². The summed E-state index contributed by atoms with van der Waals surface area (Å²) in [5, 5.41) is 21.4. The first-order valence-electron chi connectivity index (χ1n) is 13.8. The molecule has 0 heterocycles. The summed E-state index contributed by atoms with van der Waals surface area (Å²) in [4.78, 5) is 27.7. The number of benzene rings is 1. The number of halogens is 1. The zero-order valence-corrected chi connectivity index (χ0v) is 23.3. The molecule has 4 unspecified atom stereocenters. The summed E-state index contributed by atoms with van der Waals surface area (Å²) in [6.45, 7) is 2.06. The number of hydrogen-bond donors (Lipinski definition) is 2. The Morgan fingerprint density at radius 3 is 2.03 bits per heavy atom. The normalized spacial score (nSPS) is 43.1. The fourth-order valence-electron chi connectivity index (χ4n) is 9.02. The molecule has 7 heteroatoms. The van der Waals surface area contributed by atoms with Crippen LogP contribution in [0.4, 0.5) is 0 Å². The van der Waals surface area contributed by atoms with Crippen LogP contribution in [-0.4, -0.2) is 33.9 Å². The van der Waals surface area contributed by atoms with E-state index >= 15 is 0 Å². The fraction of sp³-hybridized carbons (Fsp3) is 0.724. The first kappa shape index (κ1) is 25.1. The number of fused-ring (bicyclic) bond motifs is 2. The Morgan fingerprint density at radius 1 is 0.861 bits per heavy atom. The zero-order valence-electron chi connectivity index (χ0n) is 21.2. The summed E-state index contributed by atoms with van der Waals surface area (Å²) < 4.78 is 13.3. The predicted molar refractivity (Wildman–Crippen MR) is 142 cm³/mol. The van der Waals surface area contributed by atoms with E-state index in [1.807, 2.05) is 30.3 Å². The molecule has 6 nitrogen and oxygen atoms in total. The maximum atomic E-state index is 13.9. The Hall–Kier alpha value is -1.19. The Labute approximate surface area is 222 Å². The van der Waals surface area contributed by atoms with Gasteiger partial charge >= 0.3 is 223 Å². The maximum absolute atomic E-state index is 13.9. The summed E-state index contributed by atoms with van der Waals surface area (Å²) in [6, 6.07) is 9.53. The zero-order chi connectivity index (χ0) is 25.1. The second-order valence-electron chi connectivity index (χ2n) is 12.8. The van der Waals surface area contributed by atoms with Crippen LogP contribution in [0.2, 0.25) is 0 Å². The minimum atomic E-state index is -3.09. The van der Waals surface area contributed by atoms with Gasteiger partial charge in [0.1, 0.15) is 0 Å². The molecule has 6 aliphatic carbocycles. The molecule has 2 N–H and O–H groups in total. The van der Waals surface area contributed by atoms with E-state index in [4.69, 9.17) is 6.13 Å². The second-order valence-corrected chi connectivity index (χ2v) is 16.2. The Morgan fingerprint density at radius 2 is 1.44 bits per heavy atom. The number of carbonyl (C=O) groups excluding carboxylic acids is 2. The quantitative estimate of drug-likeness (QED) is 0.409. The molecule has 1 aromatic rings. The number of aliphatic hydroxyl groups excluding tert-OH is 1. The monoisotopic (exact) mass is 610 g/mol. The second kappa shape index (κ2) is 9.23. The van der Waals surface area contributed by atoms with Crippen LogP contribution in [0.3, 0.4) is 0 Å². The molecule has 1 aromatic carbocycles. The number of aliphatic hydroxyl groups is 2. The van der Waals surface area contributed by atoms with Crippen LogP contribution < -0.4 is 0 Å². The van der Waals surface area contributed by atoms with Crippen molar-refractivity contribution < 1.29 is 25.9 Å². The van der Waals surface area contributed by atoms with Gasteiger partial charge in [-0.1, -0.05) is 0 Å². The molecule has 4 atom stereocenters. The van der Waals surface area contributed by atoms with Crippen molar-refractivity contribution in [2.75, 3.05) is 0 Å². The van der Waals surface area contributed by atoms with Crippen LogP contribution in [0.25, 0.3) is 0 Å². The van der Waals surface area contributed by atoms with Gasteiger partial charge in [0.05, 0.1) is 0 Å². The van der Waals surface area contributed by atoms with Crippen LogP contribution in [0.5, 0.6) is 0 Å². The van der Waals surface area contributed by atoms with Crippen LogP contribution in [-0.2, 0) is 15.7 Å². The van der Waals surface area contributed by atoms with Gasteiger partial charge in [0, 0.05) is 0 Å². The van der Waals surface area contributed by atoms with E-state index < -0.39 is 37.1 Å². The molecule has 6 aliphatic rings. The van der Waals surface area contributed by atoms with Crippen LogP contribution in [0.15, 0.2) is 30.3 Å². The topological polar surface area (TPSA) is 93.1 Å². The van der Waals surface area contributed by atoms with Gasteiger partial charge in [-0.25, -0.2) is 0 Å². The van der Waals surface area contributed by atoms with Crippen molar-refractivity contribution in [3.8, 4) is 0 Å². The van der Waals surface area contributed by atoms with Crippen LogP contribution in [0.1, 0.15) is 84.0 Å². The number of carbonyl (C=O) groups is 2. The predicted octanol–water partition coefficient (Wildman–Crippen LogP) is 5.58. The molecule has 0 spiro atoms. The Balaban J connectivity index is 1.23. The summed E-state index contributed by atoms with van der Waals surface area (Å²) in [6.07, 6.45) is 9.24. The third kappa shape index (κ3) is 4.51. The van der Waals surface area contributed by atoms with E-state index in [2.05, 4.69) is 6.92 Å². The first-order valence-corrected chi connectivity index (χ1v) is 16.7. The fourth-order valence-corrected chi connectivity index (χ4v) is 12.3. The van der Waals surface area contributed by atoms with Gasteiger partial charge in [0.15, 0.2) is 0 Å². The molecule has 6 saturated carbocycles. The van der Waals surface area contributed by atoms with Crippen molar-refractivity contribution in [3.63, 3.8) is 0 Å². The molecule has 198 valence electrons. The van der Waals surface area contributed by atoms with Gasteiger partial charge < -0.3 is 0 Å². The molecule has 7 rings (SSSR count). The molecular formula is C29H39IO6. The molecule has 0 radical (unpaired) electrons. The molecule has 0 aromatic heterocycles. The van der Waals surface area contributed by atoms with E-state index in [-0.39, 0.29) is 18.0 Å². The van der Waals surface area contributed by atoms with Crippen LogP contribution in [0, 0.1) is 38.1 Å². The standard InChI is InChI=1S/C29H39IO6/c1-2-27(12-19-8-20(13-27)11-24(31)10-19)25(32)35-30(23-6-4-3-5-7-23)36-26(33)28-14-21-9-22(15-28)17-29(34,16-21)18-28/h3-7,19-22,24,31,34H,2,8-18H2,1H3. The summed E-state index contributed by atoms with van der Waals surface area (Å²) in [7, 11) is 0. The van der Waals surface area contributed by atoms with Crippen molar-refractivity contribution in [2.24, 2.45) is 34.5 Å². The summed E-state index contributed by atoms with van der Waals surface area (Å²) in [5.41, 5.74) is -1.96. The number of rotatable bonds is 6. The van der Waals surface area contributed by atoms with E-state index in [0.717, 1.165) is 67.8 Å². The van der Waals surface area contributed by atoms with E-state index in [1.165, 1.54) is 0 Å². The summed E-state index contributed by atoms with van der Waals surface area (Å²) >= 11 is -3.09. The number of hydrogen-bond acceptors (Lipinski definition) is 6. The molecule has 0 amide bonds. The molecule has 0 aliphatic heterocycles. The molecular weight excluding hydrogens is 571 g/mol. The summed E-state index contributed by atoms with van der Waals surface area (Å²) in [5.74, 6) is 0.966. The SMILES string of the molecule is CCC1(C(=O)OI(OC(=O)C23CC4CC(CC(O)(C4)C2)C3)c2ccccc2)CC2CC(O)CC(C2)C1. The van der Waals surface area contributed by atoms with Gasteiger partial charge in [-0.15, -0.1) is 0 Å². The minimum absolute atomic E-state index is 0.220. The average Bonchev–Trinajstić information content (AvgIpc) is 2.81. The molecule has 36 heavy (non-hydrogen) atoms. The third-order valence-electron chi connectivity index (χ3n) is 10.0. The third-order valence-corrected chi connectivity index (χ3v) is 13.3. The molecule has 6 fully saturated rings. The van der Waals surface area contributed by atoms with Crippen molar-refractivity contribution in [2.45, 2.75) is 95.7 Å². The van der Waals surface area contributed by atoms with Crippen molar-refractivity contribution in [1.29, 1.82) is 0 Å². The first-order chi connectivity index (χ1) is 17.2. The van der Waals surface area contributed by atoms with E-state index in [0.29, 0.717) is 36.5 Å². The van der Waals surface area contributed by atoms with Gasteiger partial charge in [-0.05, 0) is 0 Å². The van der Waals surface area contributed by atoms with Crippen molar-refractivity contribution in [3.05, 3.63) is 33.9 Å². The van der Waals surface area contributed by atoms with Gasteiger partial charge in [0.25, 0.3) is 0 Å². The van der Waals surface area contributed by atoms with Crippen molar-refractivity contribution >= 4 is 32.6 Å². The molecule has 0 saturated heterocycles. The van der Waals surface area contributed by atoms with E-state index in [9.17, 15) is 19.8 Å². The Bertz CT molecular complexity index is 978. The van der Waals surface area contributed by atoms with Gasteiger partial charge in [0.2, 0.25) is 0 Å². The Kier molecular flexibility index (Phi) is 6.43. The van der Waals surface area contributed by atoms with Gasteiger partial charge in [-0.2, -0.15) is 0 Å².